The van der Waals surface area contributed by atoms with Gasteiger partial charge in [-0.05, 0) is 43.3 Å². The largest absolute Gasteiger partial charge is 0.492 e. The molecular weight excluding hydrogens is 345 g/mol. The monoisotopic (exact) mass is 365 g/mol. The lowest BCUT2D eigenvalue weighted by molar-refractivity contribution is 0.102. The van der Waals surface area contributed by atoms with E-state index in [-0.39, 0.29) is 5.91 Å². The van der Waals surface area contributed by atoms with E-state index in [1.54, 1.807) is 19.1 Å². The van der Waals surface area contributed by atoms with Crippen molar-refractivity contribution in [2.24, 2.45) is 0 Å². The number of rotatable bonds is 6. The van der Waals surface area contributed by atoms with Crippen molar-refractivity contribution >= 4 is 23.1 Å². The van der Waals surface area contributed by atoms with Crippen LogP contribution in [0.2, 0.25) is 0 Å². The number of nitrogens with zero attached hydrogens (tertiary/aromatic N) is 2. The number of nitrogens with one attached hydrogen (secondary N) is 1. The van der Waals surface area contributed by atoms with Crippen LogP contribution in [0.4, 0.5) is 21.6 Å². The van der Waals surface area contributed by atoms with Crippen LogP contribution in [0.15, 0.2) is 66.9 Å². The Kier molecular flexibility index (Phi) is 5.66. The van der Waals surface area contributed by atoms with E-state index in [4.69, 9.17) is 4.74 Å². The minimum Gasteiger partial charge on any atom is -0.492 e. The fourth-order valence-corrected chi connectivity index (χ4v) is 2.57. The molecule has 0 unspecified atom stereocenters. The van der Waals surface area contributed by atoms with Gasteiger partial charge >= 0.3 is 0 Å². The second-order valence-electron chi connectivity index (χ2n) is 5.83. The normalized spacial score (nSPS) is 10.3. The number of anilines is 3. The van der Waals surface area contributed by atoms with Gasteiger partial charge in [0.15, 0.2) is 0 Å². The quantitative estimate of drug-likeness (QED) is 0.691. The molecule has 0 radical (unpaired) electrons. The van der Waals surface area contributed by atoms with Crippen LogP contribution in [0.3, 0.4) is 0 Å². The van der Waals surface area contributed by atoms with Crippen molar-refractivity contribution in [1.29, 1.82) is 0 Å². The third-order valence-electron chi connectivity index (χ3n) is 3.99. The summed E-state index contributed by atoms with van der Waals surface area (Å²) in [5, 5.41) is 2.74. The minimum absolute atomic E-state index is 0.291. The number of ether oxygens (including phenoxy) is 1. The van der Waals surface area contributed by atoms with Crippen LogP contribution in [0.25, 0.3) is 0 Å². The fraction of sp³-hybridized carbons (Fsp3) is 0.143. The molecule has 3 aromatic rings. The average Bonchev–Trinajstić information content (AvgIpc) is 2.70. The van der Waals surface area contributed by atoms with Gasteiger partial charge in [-0.2, -0.15) is 0 Å². The van der Waals surface area contributed by atoms with Gasteiger partial charge in [0.1, 0.15) is 17.4 Å². The number of aromatic nitrogens is 1. The SMILES string of the molecule is CCOc1cc(F)ccc1NC(=O)c1ccc(N(C)c2ccccc2)nc1. The highest BCUT2D eigenvalue weighted by molar-refractivity contribution is 6.04. The summed E-state index contributed by atoms with van der Waals surface area (Å²) in [4.78, 5) is 18.8. The van der Waals surface area contributed by atoms with Crippen molar-refractivity contribution in [3.05, 3.63) is 78.2 Å². The number of benzene rings is 2. The maximum atomic E-state index is 13.4. The molecule has 1 heterocycles. The first-order chi connectivity index (χ1) is 13.1. The highest BCUT2D eigenvalue weighted by Gasteiger charge is 2.12. The van der Waals surface area contributed by atoms with E-state index < -0.39 is 5.82 Å². The Morgan fingerprint density at radius 1 is 1.15 bits per heavy atom. The van der Waals surface area contributed by atoms with Gasteiger partial charge < -0.3 is 15.0 Å². The van der Waals surface area contributed by atoms with Gasteiger partial charge in [0, 0.05) is 25.0 Å². The van der Waals surface area contributed by atoms with Gasteiger partial charge in [-0.1, -0.05) is 18.2 Å². The highest BCUT2D eigenvalue weighted by atomic mass is 19.1. The zero-order valence-electron chi connectivity index (χ0n) is 15.1. The zero-order valence-corrected chi connectivity index (χ0v) is 15.1. The summed E-state index contributed by atoms with van der Waals surface area (Å²) in [7, 11) is 1.91. The van der Waals surface area contributed by atoms with Crippen molar-refractivity contribution in [1.82, 2.24) is 4.98 Å². The molecule has 0 bridgehead atoms. The predicted molar refractivity (Wildman–Crippen MR) is 104 cm³/mol. The molecule has 1 amide bonds. The lowest BCUT2D eigenvalue weighted by Gasteiger charge is -2.18. The Balaban J connectivity index is 1.75. The molecule has 0 spiro atoms. The number of hydrogen-bond acceptors (Lipinski definition) is 4. The standard InChI is InChI=1S/C21H20FN3O2/c1-3-27-19-13-16(22)10-11-18(19)24-21(26)15-9-12-20(23-14-15)25(2)17-7-5-4-6-8-17/h4-14H,3H2,1-2H3,(H,24,26). The molecule has 0 aliphatic rings. The van der Waals surface area contributed by atoms with Gasteiger partial charge in [-0.3, -0.25) is 4.79 Å². The summed E-state index contributed by atoms with van der Waals surface area (Å²) in [5.74, 6) is 0.240. The van der Waals surface area contributed by atoms with Crippen molar-refractivity contribution < 1.29 is 13.9 Å². The highest BCUT2D eigenvalue weighted by Crippen LogP contribution is 2.26. The molecule has 27 heavy (non-hydrogen) atoms. The van der Waals surface area contributed by atoms with Crippen LogP contribution in [0, 0.1) is 5.82 Å². The van der Waals surface area contributed by atoms with Gasteiger partial charge in [0.25, 0.3) is 5.91 Å². The maximum Gasteiger partial charge on any atom is 0.257 e. The molecular formula is C21H20FN3O2. The molecule has 0 fully saturated rings. The summed E-state index contributed by atoms with van der Waals surface area (Å²) in [6.45, 7) is 2.16. The first kappa shape index (κ1) is 18.4. The Hall–Kier alpha value is -3.41. The summed E-state index contributed by atoms with van der Waals surface area (Å²) < 4.78 is 18.8. The number of halogens is 1. The van der Waals surface area contributed by atoms with Crippen LogP contribution in [0.5, 0.6) is 5.75 Å². The Morgan fingerprint density at radius 3 is 2.59 bits per heavy atom. The van der Waals surface area contributed by atoms with Gasteiger partial charge in [-0.15, -0.1) is 0 Å². The van der Waals surface area contributed by atoms with E-state index in [2.05, 4.69) is 10.3 Å². The summed E-state index contributed by atoms with van der Waals surface area (Å²) in [6, 6.07) is 17.3. The second kappa shape index (κ2) is 8.31. The van der Waals surface area contributed by atoms with E-state index >= 15 is 0 Å². The predicted octanol–water partition coefficient (Wildman–Crippen LogP) is 4.64. The summed E-state index contributed by atoms with van der Waals surface area (Å²) in [5.41, 5.74) is 1.80. The minimum atomic E-state index is -0.425. The molecule has 0 atom stereocenters. The molecule has 0 aliphatic heterocycles. The summed E-state index contributed by atoms with van der Waals surface area (Å²) >= 11 is 0. The number of para-hydroxylation sites is 1. The lowest BCUT2D eigenvalue weighted by Crippen LogP contribution is -2.15. The van der Waals surface area contributed by atoms with Crippen LogP contribution >= 0.6 is 0 Å². The fourth-order valence-electron chi connectivity index (χ4n) is 2.57. The molecule has 138 valence electrons. The third-order valence-corrected chi connectivity index (χ3v) is 3.99. The Labute approximate surface area is 157 Å². The van der Waals surface area contributed by atoms with E-state index in [9.17, 15) is 9.18 Å². The molecule has 1 N–H and O–H groups in total. The molecule has 3 rings (SSSR count). The molecule has 1 aromatic heterocycles. The van der Waals surface area contributed by atoms with Crippen molar-refractivity contribution in [3.63, 3.8) is 0 Å². The topological polar surface area (TPSA) is 54.5 Å². The Morgan fingerprint density at radius 2 is 1.93 bits per heavy atom. The van der Waals surface area contributed by atoms with Crippen LogP contribution in [-0.4, -0.2) is 24.5 Å². The molecule has 0 saturated carbocycles. The van der Waals surface area contributed by atoms with Gasteiger partial charge in [-0.25, -0.2) is 9.37 Å². The first-order valence-electron chi connectivity index (χ1n) is 8.57. The van der Waals surface area contributed by atoms with Gasteiger partial charge in [0.2, 0.25) is 0 Å². The van der Waals surface area contributed by atoms with E-state index in [1.165, 1.54) is 24.4 Å². The number of amides is 1. The van der Waals surface area contributed by atoms with Crippen molar-refractivity contribution in [2.45, 2.75) is 6.92 Å². The van der Waals surface area contributed by atoms with E-state index in [0.717, 1.165) is 11.5 Å². The lowest BCUT2D eigenvalue weighted by atomic mass is 10.2. The number of carbonyl (C=O) groups excluding carboxylic acids is 1. The van der Waals surface area contributed by atoms with E-state index in [0.29, 0.717) is 23.6 Å². The van der Waals surface area contributed by atoms with Crippen LogP contribution < -0.4 is 15.0 Å². The molecule has 0 aliphatic carbocycles. The average molecular weight is 365 g/mol. The summed E-state index contributed by atoms with van der Waals surface area (Å²) in [6.07, 6.45) is 1.51. The first-order valence-corrected chi connectivity index (χ1v) is 8.57. The molecule has 0 saturated heterocycles. The maximum absolute atomic E-state index is 13.4. The third kappa shape index (κ3) is 4.41. The zero-order chi connectivity index (χ0) is 19.2. The smallest absolute Gasteiger partial charge is 0.257 e. The van der Waals surface area contributed by atoms with E-state index in [1.807, 2.05) is 42.3 Å². The Bertz CT molecular complexity index is 914. The van der Waals surface area contributed by atoms with Crippen LogP contribution in [0.1, 0.15) is 17.3 Å². The molecule has 5 nitrogen and oxygen atoms in total. The number of hydrogen-bond donors (Lipinski definition) is 1. The second-order valence-corrected chi connectivity index (χ2v) is 5.83. The van der Waals surface area contributed by atoms with Crippen molar-refractivity contribution in [3.8, 4) is 5.75 Å². The molecule has 2 aromatic carbocycles. The van der Waals surface area contributed by atoms with Crippen LogP contribution in [-0.2, 0) is 0 Å². The van der Waals surface area contributed by atoms with Crippen molar-refractivity contribution in [2.75, 3.05) is 23.9 Å². The molecule has 6 heteroatoms. The van der Waals surface area contributed by atoms with Gasteiger partial charge in [0.05, 0.1) is 17.9 Å². The number of carbonyl (C=O) groups is 1. The number of pyridine rings is 1.